The van der Waals surface area contributed by atoms with E-state index in [-0.39, 0.29) is 23.6 Å². The molecule has 0 bridgehead atoms. The number of aromatic amines is 1. The number of pyridine rings is 1. The lowest BCUT2D eigenvalue weighted by atomic mass is 10.1. The zero-order chi connectivity index (χ0) is 21.4. The fourth-order valence-electron chi connectivity index (χ4n) is 3.51. The molecule has 5 rings (SSSR count). The molecular formula is C22H17N5O4. The highest BCUT2D eigenvalue weighted by molar-refractivity contribution is 6.07. The number of fused-ring (bicyclic) bond motifs is 2. The van der Waals surface area contributed by atoms with Crippen molar-refractivity contribution in [2.24, 2.45) is 0 Å². The lowest BCUT2D eigenvalue weighted by Crippen LogP contribution is -2.42. The predicted molar refractivity (Wildman–Crippen MR) is 112 cm³/mol. The molecule has 9 heteroatoms. The number of hydrogen-bond acceptors (Lipinski definition) is 6. The van der Waals surface area contributed by atoms with Gasteiger partial charge in [0, 0.05) is 17.1 Å². The maximum Gasteiger partial charge on any atom is 0.270 e. The van der Waals surface area contributed by atoms with Crippen molar-refractivity contribution in [1.29, 1.82) is 0 Å². The van der Waals surface area contributed by atoms with Gasteiger partial charge in [-0.05, 0) is 36.8 Å². The summed E-state index contributed by atoms with van der Waals surface area (Å²) in [6.45, 7) is 1.71. The quantitative estimate of drug-likeness (QED) is 0.387. The van der Waals surface area contributed by atoms with Gasteiger partial charge in [0.05, 0.1) is 29.3 Å². The van der Waals surface area contributed by atoms with Crippen molar-refractivity contribution in [3.63, 3.8) is 0 Å². The summed E-state index contributed by atoms with van der Waals surface area (Å²) in [6.07, 6.45) is 3.41. The number of furan rings is 1. The maximum absolute atomic E-state index is 12.9. The second kappa shape index (κ2) is 7.45. The summed E-state index contributed by atoms with van der Waals surface area (Å²) in [5.41, 5.74) is 8.13. The van der Waals surface area contributed by atoms with Crippen molar-refractivity contribution in [1.82, 2.24) is 26.0 Å². The van der Waals surface area contributed by atoms with Gasteiger partial charge >= 0.3 is 0 Å². The number of carbonyl (C=O) groups excluding carboxylic acids is 2. The molecule has 0 radical (unpaired) electrons. The lowest BCUT2D eigenvalue weighted by molar-refractivity contribution is -0.121. The zero-order valence-corrected chi connectivity index (χ0v) is 16.4. The van der Waals surface area contributed by atoms with Gasteiger partial charge in [0.1, 0.15) is 5.69 Å². The van der Waals surface area contributed by atoms with Crippen molar-refractivity contribution in [2.45, 2.75) is 13.3 Å². The van der Waals surface area contributed by atoms with Gasteiger partial charge in [0.25, 0.3) is 11.6 Å². The number of nitrogens with one attached hydrogen (secondary N) is 3. The first kappa shape index (κ1) is 18.6. The van der Waals surface area contributed by atoms with Crippen molar-refractivity contribution >= 4 is 33.8 Å². The number of hydrazine groups is 1. The third kappa shape index (κ3) is 3.42. The third-order valence-corrected chi connectivity index (χ3v) is 4.98. The van der Waals surface area contributed by atoms with E-state index in [9.17, 15) is 9.59 Å². The molecule has 4 aromatic heterocycles. The van der Waals surface area contributed by atoms with E-state index in [4.69, 9.17) is 8.94 Å². The third-order valence-electron chi connectivity index (χ3n) is 4.98. The Labute approximate surface area is 175 Å². The number of nitrogens with zero attached hydrogens (tertiary/aromatic N) is 2. The molecule has 0 fully saturated rings. The van der Waals surface area contributed by atoms with Gasteiger partial charge in [-0.25, -0.2) is 4.98 Å². The second-order valence-electron chi connectivity index (χ2n) is 7.02. The van der Waals surface area contributed by atoms with Crippen LogP contribution in [-0.2, 0) is 11.2 Å². The van der Waals surface area contributed by atoms with Gasteiger partial charge in [-0.3, -0.25) is 20.4 Å². The Morgan fingerprint density at radius 3 is 2.84 bits per heavy atom. The first-order valence-corrected chi connectivity index (χ1v) is 9.55. The summed E-state index contributed by atoms with van der Waals surface area (Å²) in [7, 11) is 0. The van der Waals surface area contributed by atoms with E-state index >= 15 is 0 Å². The van der Waals surface area contributed by atoms with Crippen LogP contribution in [0.25, 0.3) is 33.5 Å². The Morgan fingerprint density at radius 2 is 2.00 bits per heavy atom. The smallest absolute Gasteiger partial charge is 0.270 e. The topological polar surface area (TPSA) is 126 Å². The first-order chi connectivity index (χ1) is 15.1. The van der Waals surface area contributed by atoms with Crippen molar-refractivity contribution < 1.29 is 18.5 Å². The number of rotatable bonds is 4. The van der Waals surface area contributed by atoms with E-state index in [0.717, 1.165) is 16.5 Å². The highest BCUT2D eigenvalue weighted by Crippen LogP contribution is 2.27. The van der Waals surface area contributed by atoms with Gasteiger partial charge < -0.3 is 13.9 Å². The number of para-hydroxylation sites is 1. The molecule has 3 N–H and O–H groups in total. The minimum absolute atomic E-state index is 0.111. The van der Waals surface area contributed by atoms with Crippen LogP contribution in [0.15, 0.2) is 63.9 Å². The van der Waals surface area contributed by atoms with Gasteiger partial charge in [-0.15, -0.1) is 0 Å². The number of benzene rings is 1. The van der Waals surface area contributed by atoms with E-state index in [1.165, 1.54) is 6.26 Å². The number of carbonyl (C=O) groups is 2. The second-order valence-corrected chi connectivity index (χ2v) is 7.02. The molecule has 4 heterocycles. The van der Waals surface area contributed by atoms with Crippen LogP contribution in [0, 0.1) is 6.92 Å². The van der Waals surface area contributed by atoms with Crippen LogP contribution in [0.1, 0.15) is 21.6 Å². The summed E-state index contributed by atoms with van der Waals surface area (Å²) in [5, 5.41) is 5.33. The van der Waals surface area contributed by atoms with Crippen LogP contribution in [0.2, 0.25) is 0 Å². The Hall–Kier alpha value is -4.40. The number of amides is 2. The molecule has 0 saturated carbocycles. The number of H-pyrrole nitrogens is 1. The predicted octanol–water partition coefficient (Wildman–Crippen LogP) is 3.28. The molecule has 2 amide bonds. The molecule has 0 aliphatic heterocycles. The Morgan fingerprint density at radius 1 is 1.13 bits per heavy atom. The van der Waals surface area contributed by atoms with Crippen LogP contribution < -0.4 is 10.9 Å². The molecule has 0 spiro atoms. The fourth-order valence-corrected chi connectivity index (χ4v) is 3.51. The normalized spacial score (nSPS) is 11.1. The summed E-state index contributed by atoms with van der Waals surface area (Å²) < 4.78 is 10.6. The standard InChI is InChI=1S/C22H17N5O4/c1-12-20-15(10-17(18-7-4-8-30-18)24-22(20)31-27-12)21(29)26-25-19(28)9-13-11-23-16-6-3-2-5-14(13)16/h2-8,10-11,23H,9H2,1H3,(H,25,28)(H,26,29). The van der Waals surface area contributed by atoms with E-state index in [0.29, 0.717) is 22.5 Å². The number of hydrogen-bond donors (Lipinski definition) is 3. The Balaban J connectivity index is 1.36. The van der Waals surface area contributed by atoms with Gasteiger partial charge in [-0.1, -0.05) is 23.4 Å². The van der Waals surface area contributed by atoms with E-state index in [1.807, 2.05) is 24.3 Å². The average molecular weight is 415 g/mol. The molecule has 0 aliphatic carbocycles. The number of aromatic nitrogens is 3. The van der Waals surface area contributed by atoms with Crippen LogP contribution in [-0.4, -0.2) is 26.9 Å². The average Bonchev–Trinajstić information content (AvgIpc) is 3.53. The van der Waals surface area contributed by atoms with Crippen LogP contribution >= 0.6 is 0 Å². The molecule has 0 unspecified atom stereocenters. The highest BCUT2D eigenvalue weighted by Gasteiger charge is 2.20. The van der Waals surface area contributed by atoms with Crippen LogP contribution in [0.4, 0.5) is 0 Å². The molecule has 154 valence electrons. The first-order valence-electron chi connectivity index (χ1n) is 9.55. The van der Waals surface area contributed by atoms with Gasteiger partial charge in [0.2, 0.25) is 5.91 Å². The maximum atomic E-state index is 12.9. The fraction of sp³-hybridized carbons (Fsp3) is 0.0909. The highest BCUT2D eigenvalue weighted by atomic mass is 16.5. The Bertz CT molecular complexity index is 1410. The summed E-state index contributed by atoms with van der Waals surface area (Å²) in [6, 6.07) is 12.7. The molecule has 5 aromatic rings. The van der Waals surface area contributed by atoms with Crippen molar-refractivity contribution in [3.8, 4) is 11.5 Å². The van der Waals surface area contributed by atoms with E-state index < -0.39 is 5.91 Å². The van der Waals surface area contributed by atoms with Crippen LogP contribution in [0.3, 0.4) is 0 Å². The minimum atomic E-state index is -0.515. The van der Waals surface area contributed by atoms with E-state index in [2.05, 4.69) is 26.0 Å². The molecule has 0 aliphatic rings. The molecule has 1 aromatic carbocycles. The molecule has 0 saturated heterocycles. The van der Waals surface area contributed by atoms with E-state index in [1.54, 1.807) is 31.3 Å². The van der Waals surface area contributed by atoms with Crippen molar-refractivity contribution in [2.75, 3.05) is 0 Å². The van der Waals surface area contributed by atoms with Crippen LogP contribution in [0.5, 0.6) is 0 Å². The largest absolute Gasteiger partial charge is 0.463 e. The summed E-state index contributed by atoms with van der Waals surface area (Å²) in [4.78, 5) is 32.8. The minimum Gasteiger partial charge on any atom is -0.463 e. The van der Waals surface area contributed by atoms with Gasteiger partial charge in [0.15, 0.2) is 5.76 Å². The molecule has 31 heavy (non-hydrogen) atoms. The zero-order valence-electron chi connectivity index (χ0n) is 16.4. The molecule has 9 nitrogen and oxygen atoms in total. The summed E-state index contributed by atoms with van der Waals surface area (Å²) in [5.74, 6) is -0.385. The molecular weight excluding hydrogens is 398 g/mol. The van der Waals surface area contributed by atoms with Crippen molar-refractivity contribution in [3.05, 3.63) is 71.7 Å². The van der Waals surface area contributed by atoms with Gasteiger partial charge in [-0.2, -0.15) is 0 Å². The molecule has 0 atom stereocenters. The lowest BCUT2D eigenvalue weighted by Gasteiger charge is -2.09. The SMILES string of the molecule is Cc1noc2nc(-c3ccco3)cc(C(=O)NNC(=O)Cc3c[nH]c4ccccc34)c12. The monoisotopic (exact) mass is 415 g/mol. The number of aryl methyl sites for hydroxylation is 1. The Kier molecular flexibility index (Phi) is 4.47. The summed E-state index contributed by atoms with van der Waals surface area (Å²) >= 11 is 0.